The first-order valence-corrected chi connectivity index (χ1v) is 6.41. The number of hydrogen-bond acceptors (Lipinski definition) is 1. The zero-order chi connectivity index (χ0) is 12.0. The number of fused-ring (bicyclic) bond motifs is 2. The van der Waals surface area contributed by atoms with Crippen molar-refractivity contribution in [2.24, 2.45) is 5.73 Å². The molecule has 0 saturated heterocycles. The number of carbonyl (C=O) groups excluding carboxylic acids is 1. The number of nitrogens with one attached hydrogen (secondary N) is 1. The van der Waals surface area contributed by atoms with Gasteiger partial charge in [0.15, 0.2) is 0 Å². The first kappa shape index (κ1) is 10.6. The maximum atomic E-state index is 11.2. The predicted octanol–water partition coefficient (Wildman–Crippen LogP) is 2.72. The lowest BCUT2D eigenvalue weighted by Crippen LogP contribution is -2.21. The first-order chi connectivity index (χ1) is 8.16. The van der Waals surface area contributed by atoms with Crippen molar-refractivity contribution in [2.75, 3.05) is 5.32 Å². The molecule has 1 aromatic carbocycles. The Morgan fingerprint density at radius 2 is 2.18 bits per heavy atom. The number of hydrogen-bond donors (Lipinski definition) is 2. The molecule has 3 N–H and O–H groups in total. The van der Waals surface area contributed by atoms with Gasteiger partial charge in [0.05, 0.1) is 0 Å². The fourth-order valence-corrected chi connectivity index (χ4v) is 3.31. The Balaban J connectivity index is 2.17. The van der Waals surface area contributed by atoms with E-state index in [-0.39, 0.29) is 0 Å². The van der Waals surface area contributed by atoms with Gasteiger partial charge in [-0.05, 0) is 60.3 Å². The van der Waals surface area contributed by atoms with Crippen LogP contribution in [-0.2, 0) is 19.3 Å². The van der Waals surface area contributed by atoms with Crippen molar-refractivity contribution in [3.05, 3.63) is 28.3 Å². The molecule has 0 saturated carbocycles. The number of anilines is 1. The molecule has 17 heavy (non-hydrogen) atoms. The average Bonchev–Trinajstić information content (AvgIpc) is 2.86. The van der Waals surface area contributed by atoms with E-state index in [2.05, 4.69) is 18.3 Å². The Hall–Kier alpha value is -1.51. The molecule has 0 radical (unpaired) electrons. The summed E-state index contributed by atoms with van der Waals surface area (Å²) in [5.41, 5.74) is 11.8. The summed E-state index contributed by atoms with van der Waals surface area (Å²) < 4.78 is 0. The molecule has 3 rings (SSSR count). The minimum atomic E-state index is -0.438. The van der Waals surface area contributed by atoms with Gasteiger partial charge in [-0.2, -0.15) is 0 Å². The highest BCUT2D eigenvalue weighted by atomic mass is 16.2. The van der Waals surface area contributed by atoms with Gasteiger partial charge >= 0.3 is 6.03 Å². The van der Waals surface area contributed by atoms with Crippen molar-refractivity contribution in [1.29, 1.82) is 0 Å². The molecule has 3 nitrogen and oxygen atoms in total. The Labute approximate surface area is 101 Å². The Morgan fingerprint density at radius 3 is 2.94 bits per heavy atom. The van der Waals surface area contributed by atoms with Gasteiger partial charge in [0.1, 0.15) is 0 Å². The minimum Gasteiger partial charge on any atom is -0.351 e. The summed E-state index contributed by atoms with van der Waals surface area (Å²) in [5.74, 6) is 0.615. The molecule has 90 valence electrons. The van der Waals surface area contributed by atoms with Crippen LogP contribution in [0.25, 0.3) is 0 Å². The van der Waals surface area contributed by atoms with Crippen molar-refractivity contribution in [3.8, 4) is 0 Å². The molecule has 2 aliphatic rings. The minimum absolute atomic E-state index is 0.438. The third kappa shape index (κ3) is 1.61. The van der Waals surface area contributed by atoms with Gasteiger partial charge in [0, 0.05) is 5.69 Å². The van der Waals surface area contributed by atoms with E-state index < -0.39 is 6.03 Å². The van der Waals surface area contributed by atoms with Gasteiger partial charge in [-0.25, -0.2) is 4.79 Å². The largest absolute Gasteiger partial charge is 0.351 e. The van der Waals surface area contributed by atoms with Gasteiger partial charge in [-0.15, -0.1) is 0 Å². The van der Waals surface area contributed by atoms with Crippen LogP contribution in [0.2, 0.25) is 0 Å². The van der Waals surface area contributed by atoms with Crippen LogP contribution >= 0.6 is 0 Å². The summed E-state index contributed by atoms with van der Waals surface area (Å²) in [6.07, 6.45) is 5.67. The third-order valence-electron chi connectivity index (χ3n) is 4.15. The fourth-order valence-electron chi connectivity index (χ4n) is 3.31. The molecular weight excluding hydrogens is 212 g/mol. The molecule has 0 heterocycles. The molecule has 1 atom stereocenters. The Morgan fingerprint density at radius 1 is 1.35 bits per heavy atom. The van der Waals surface area contributed by atoms with Crippen LogP contribution in [0.1, 0.15) is 47.9 Å². The fraction of sp³-hybridized carbons (Fsp3) is 0.500. The first-order valence-electron chi connectivity index (χ1n) is 6.41. The number of aryl methyl sites for hydroxylation is 1. The summed E-state index contributed by atoms with van der Waals surface area (Å²) >= 11 is 0. The molecule has 3 heteroatoms. The third-order valence-corrected chi connectivity index (χ3v) is 4.15. The van der Waals surface area contributed by atoms with Crippen molar-refractivity contribution in [3.63, 3.8) is 0 Å². The lowest BCUT2D eigenvalue weighted by Gasteiger charge is -2.15. The quantitative estimate of drug-likeness (QED) is 0.765. The van der Waals surface area contributed by atoms with E-state index in [1.54, 1.807) is 0 Å². The standard InChI is InChI=1S/C14H18N2O/c1-8-5-6-11-12(8)7-9-3-2-4-10(9)13(11)16-14(15)17/h7-8H,2-6H2,1H3,(H3,15,16,17). The summed E-state index contributed by atoms with van der Waals surface area (Å²) in [7, 11) is 0. The maximum absolute atomic E-state index is 11.2. The van der Waals surface area contributed by atoms with Crippen molar-refractivity contribution in [2.45, 2.75) is 44.9 Å². The smallest absolute Gasteiger partial charge is 0.316 e. The van der Waals surface area contributed by atoms with Gasteiger partial charge < -0.3 is 11.1 Å². The average molecular weight is 230 g/mol. The van der Waals surface area contributed by atoms with Crippen LogP contribution in [0.4, 0.5) is 10.5 Å². The van der Waals surface area contributed by atoms with Crippen molar-refractivity contribution >= 4 is 11.7 Å². The van der Waals surface area contributed by atoms with Crippen LogP contribution in [-0.4, -0.2) is 6.03 Å². The number of rotatable bonds is 1. The van der Waals surface area contributed by atoms with Crippen LogP contribution < -0.4 is 11.1 Å². The molecular formula is C14H18N2O. The number of benzene rings is 1. The SMILES string of the molecule is CC1CCc2c1cc1c(c2NC(N)=O)CCC1. The number of urea groups is 1. The number of amides is 2. The van der Waals surface area contributed by atoms with Gasteiger partial charge in [-0.3, -0.25) is 0 Å². The van der Waals surface area contributed by atoms with Gasteiger partial charge in [-0.1, -0.05) is 13.0 Å². The van der Waals surface area contributed by atoms with E-state index in [0.29, 0.717) is 5.92 Å². The molecule has 2 amide bonds. The second-order valence-electron chi connectivity index (χ2n) is 5.24. The number of primary amides is 1. The summed E-state index contributed by atoms with van der Waals surface area (Å²) in [6.45, 7) is 2.27. The van der Waals surface area contributed by atoms with E-state index in [1.807, 2.05) is 0 Å². The van der Waals surface area contributed by atoms with Crippen LogP contribution in [0.3, 0.4) is 0 Å². The molecule has 0 spiro atoms. The monoisotopic (exact) mass is 230 g/mol. The van der Waals surface area contributed by atoms with E-state index in [0.717, 1.165) is 24.9 Å². The molecule has 1 unspecified atom stereocenters. The van der Waals surface area contributed by atoms with Crippen LogP contribution in [0.15, 0.2) is 6.07 Å². The molecule has 0 aromatic heterocycles. The molecule has 1 aromatic rings. The van der Waals surface area contributed by atoms with Crippen molar-refractivity contribution in [1.82, 2.24) is 0 Å². The lowest BCUT2D eigenvalue weighted by atomic mass is 9.96. The topological polar surface area (TPSA) is 55.1 Å². The summed E-state index contributed by atoms with van der Waals surface area (Å²) in [5, 5.41) is 2.86. The zero-order valence-corrected chi connectivity index (χ0v) is 10.2. The van der Waals surface area contributed by atoms with Crippen LogP contribution in [0.5, 0.6) is 0 Å². The predicted molar refractivity (Wildman–Crippen MR) is 68.4 cm³/mol. The number of carbonyl (C=O) groups is 1. The molecule has 0 aliphatic heterocycles. The highest BCUT2D eigenvalue weighted by Gasteiger charge is 2.27. The van der Waals surface area contributed by atoms with E-state index >= 15 is 0 Å². The summed E-state index contributed by atoms with van der Waals surface area (Å²) in [6, 6.07) is 1.92. The van der Waals surface area contributed by atoms with Crippen molar-refractivity contribution < 1.29 is 4.79 Å². The summed E-state index contributed by atoms with van der Waals surface area (Å²) in [4.78, 5) is 11.2. The molecule has 0 bridgehead atoms. The normalized spacial score (nSPS) is 21.1. The Bertz CT molecular complexity index is 493. The maximum Gasteiger partial charge on any atom is 0.316 e. The highest BCUT2D eigenvalue weighted by Crippen LogP contribution is 2.42. The second-order valence-corrected chi connectivity index (χ2v) is 5.24. The van der Waals surface area contributed by atoms with Gasteiger partial charge in [0.2, 0.25) is 0 Å². The zero-order valence-electron chi connectivity index (χ0n) is 10.2. The number of nitrogens with two attached hydrogens (primary N) is 1. The van der Waals surface area contributed by atoms with E-state index in [4.69, 9.17) is 5.73 Å². The molecule has 0 fully saturated rings. The second kappa shape index (κ2) is 3.76. The van der Waals surface area contributed by atoms with E-state index in [1.165, 1.54) is 35.1 Å². The highest BCUT2D eigenvalue weighted by molar-refractivity contribution is 5.91. The Kier molecular flexibility index (Phi) is 2.35. The van der Waals surface area contributed by atoms with E-state index in [9.17, 15) is 4.79 Å². The van der Waals surface area contributed by atoms with Gasteiger partial charge in [0.25, 0.3) is 0 Å². The van der Waals surface area contributed by atoms with Crippen LogP contribution in [0, 0.1) is 0 Å². The lowest BCUT2D eigenvalue weighted by molar-refractivity contribution is 0.259. The molecule has 2 aliphatic carbocycles.